The maximum Gasteiger partial charge on any atom is 0.169 e. The van der Waals surface area contributed by atoms with E-state index in [4.69, 9.17) is 0 Å². The zero-order valence-corrected chi connectivity index (χ0v) is 8.47. The monoisotopic (exact) mass is 197 g/mol. The zero-order valence-electron chi connectivity index (χ0n) is 8.47. The van der Waals surface area contributed by atoms with Crippen molar-refractivity contribution in [2.45, 2.75) is 6.92 Å². The summed E-state index contributed by atoms with van der Waals surface area (Å²) in [5.74, 6) is 0. The lowest BCUT2D eigenvalue weighted by Gasteiger charge is -2.04. The van der Waals surface area contributed by atoms with Gasteiger partial charge in [-0.3, -0.25) is 9.78 Å². The van der Waals surface area contributed by atoms with Gasteiger partial charge in [0.25, 0.3) is 0 Å². The fraction of sp³-hybridized carbons (Fsp3) is 0.0769. The number of aldehydes is 1. The Morgan fingerprint density at radius 2 is 2.07 bits per heavy atom. The molecule has 1 heterocycles. The molecule has 2 heteroatoms. The van der Waals surface area contributed by atoms with Crippen molar-refractivity contribution in [3.8, 4) is 11.1 Å². The molecule has 0 fully saturated rings. The summed E-state index contributed by atoms with van der Waals surface area (Å²) in [6.45, 7) is 2.03. The molecule has 0 aliphatic heterocycles. The van der Waals surface area contributed by atoms with Gasteiger partial charge in [-0.15, -0.1) is 0 Å². The molecule has 1 aromatic heterocycles. The van der Waals surface area contributed by atoms with Gasteiger partial charge < -0.3 is 0 Å². The van der Waals surface area contributed by atoms with Crippen LogP contribution in [0, 0.1) is 6.92 Å². The minimum atomic E-state index is 0.489. The topological polar surface area (TPSA) is 30.0 Å². The number of benzene rings is 1. The Morgan fingerprint density at radius 1 is 1.20 bits per heavy atom. The lowest BCUT2D eigenvalue weighted by atomic mass is 10.0. The Labute approximate surface area is 88.6 Å². The van der Waals surface area contributed by atoms with Gasteiger partial charge in [0.05, 0.1) is 0 Å². The van der Waals surface area contributed by atoms with Crippen molar-refractivity contribution < 1.29 is 4.79 Å². The smallest absolute Gasteiger partial charge is 0.169 e. The third kappa shape index (κ3) is 1.94. The van der Waals surface area contributed by atoms with Gasteiger partial charge in [-0.05, 0) is 18.6 Å². The summed E-state index contributed by atoms with van der Waals surface area (Å²) in [6.07, 6.45) is 2.42. The van der Waals surface area contributed by atoms with Crippen LogP contribution >= 0.6 is 0 Å². The fourth-order valence-corrected chi connectivity index (χ4v) is 1.57. The predicted molar refractivity (Wildman–Crippen MR) is 59.8 cm³/mol. The highest BCUT2D eigenvalue weighted by molar-refractivity contribution is 5.85. The first-order chi connectivity index (χ1) is 7.31. The Bertz CT molecular complexity index is 491. The van der Waals surface area contributed by atoms with Gasteiger partial charge in [-0.2, -0.15) is 0 Å². The van der Waals surface area contributed by atoms with Gasteiger partial charge in [0.2, 0.25) is 0 Å². The minimum absolute atomic E-state index is 0.489. The molecular formula is C13H11NO. The van der Waals surface area contributed by atoms with Gasteiger partial charge in [-0.1, -0.05) is 35.9 Å². The Balaban J connectivity index is 2.58. The average Bonchev–Trinajstić information content (AvgIpc) is 2.29. The maximum atomic E-state index is 10.8. The molecule has 0 unspecified atom stereocenters. The summed E-state index contributed by atoms with van der Waals surface area (Å²) in [5, 5.41) is 0. The van der Waals surface area contributed by atoms with Crippen LogP contribution in [0.25, 0.3) is 11.1 Å². The van der Waals surface area contributed by atoms with Gasteiger partial charge in [0, 0.05) is 11.8 Å². The molecule has 0 atom stereocenters. The normalized spacial score (nSPS) is 9.93. The second kappa shape index (κ2) is 4.05. The molecule has 0 saturated carbocycles. The highest BCUT2D eigenvalue weighted by atomic mass is 16.1. The predicted octanol–water partition coefficient (Wildman–Crippen LogP) is 2.87. The van der Waals surface area contributed by atoms with E-state index in [1.165, 1.54) is 5.56 Å². The molecule has 1 aromatic carbocycles. The molecule has 15 heavy (non-hydrogen) atoms. The van der Waals surface area contributed by atoms with Gasteiger partial charge in [0.1, 0.15) is 5.69 Å². The van der Waals surface area contributed by atoms with Crippen LogP contribution in [0.4, 0.5) is 0 Å². The third-order valence-corrected chi connectivity index (χ3v) is 2.28. The van der Waals surface area contributed by atoms with Gasteiger partial charge >= 0.3 is 0 Å². The van der Waals surface area contributed by atoms with Crippen molar-refractivity contribution in [2.24, 2.45) is 0 Å². The summed E-state index contributed by atoms with van der Waals surface area (Å²) < 4.78 is 0. The summed E-state index contributed by atoms with van der Waals surface area (Å²) in [4.78, 5) is 14.9. The van der Waals surface area contributed by atoms with Gasteiger partial charge in [0.15, 0.2) is 6.29 Å². The van der Waals surface area contributed by atoms with Crippen molar-refractivity contribution >= 4 is 6.29 Å². The largest absolute Gasteiger partial charge is 0.296 e. The molecule has 0 amide bonds. The molecule has 2 aromatic rings. The van der Waals surface area contributed by atoms with E-state index in [9.17, 15) is 4.79 Å². The van der Waals surface area contributed by atoms with Crippen LogP contribution in [0.2, 0.25) is 0 Å². The lowest BCUT2D eigenvalue weighted by molar-refractivity contribution is 0.111. The second-order valence-corrected chi connectivity index (χ2v) is 3.42. The summed E-state index contributed by atoms with van der Waals surface area (Å²) in [6, 6.07) is 11.8. The number of aryl methyl sites for hydroxylation is 1. The first-order valence-corrected chi connectivity index (χ1v) is 4.78. The van der Waals surface area contributed by atoms with Crippen LogP contribution in [0.15, 0.2) is 42.6 Å². The van der Waals surface area contributed by atoms with E-state index >= 15 is 0 Å². The lowest BCUT2D eigenvalue weighted by Crippen LogP contribution is -1.91. The molecule has 0 bridgehead atoms. The number of carbonyl (C=O) groups excluding carboxylic acids is 1. The van der Waals surface area contributed by atoms with E-state index in [0.29, 0.717) is 5.69 Å². The molecule has 0 N–H and O–H groups in total. The summed E-state index contributed by atoms with van der Waals surface area (Å²) in [5.41, 5.74) is 3.58. The van der Waals surface area contributed by atoms with Crippen LogP contribution < -0.4 is 0 Å². The number of aromatic nitrogens is 1. The van der Waals surface area contributed by atoms with Crippen molar-refractivity contribution in [1.29, 1.82) is 0 Å². The summed E-state index contributed by atoms with van der Waals surface area (Å²) in [7, 11) is 0. The molecule has 2 nitrogen and oxygen atoms in total. The minimum Gasteiger partial charge on any atom is -0.296 e. The number of pyridine rings is 1. The number of hydrogen-bond donors (Lipinski definition) is 0. The van der Waals surface area contributed by atoms with Crippen molar-refractivity contribution in [2.75, 3.05) is 0 Å². The fourth-order valence-electron chi connectivity index (χ4n) is 1.57. The van der Waals surface area contributed by atoms with Crippen molar-refractivity contribution in [3.63, 3.8) is 0 Å². The number of carbonyl (C=O) groups is 1. The molecule has 74 valence electrons. The first kappa shape index (κ1) is 9.59. The van der Waals surface area contributed by atoms with Gasteiger partial charge in [-0.25, -0.2) is 0 Å². The van der Waals surface area contributed by atoms with Crippen molar-refractivity contribution in [1.82, 2.24) is 4.98 Å². The van der Waals surface area contributed by atoms with E-state index in [2.05, 4.69) is 4.98 Å². The highest BCUT2D eigenvalue weighted by Crippen LogP contribution is 2.21. The summed E-state index contributed by atoms with van der Waals surface area (Å²) >= 11 is 0. The van der Waals surface area contributed by atoms with E-state index in [0.717, 1.165) is 17.4 Å². The molecule has 2 rings (SSSR count). The molecule has 0 saturated heterocycles. The molecular weight excluding hydrogens is 186 g/mol. The first-order valence-electron chi connectivity index (χ1n) is 4.78. The standard InChI is InChI=1S/C13H11NO/c1-10-4-2-5-11(8-10)12-6-3-7-14-13(12)9-15/h2-9H,1H3. The Hall–Kier alpha value is -1.96. The highest BCUT2D eigenvalue weighted by Gasteiger charge is 2.04. The number of rotatable bonds is 2. The number of hydrogen-bond acceptors (Lipinski definition) is 2. The van der Waals surface area contributed by atoms with E-state index in [1.807, 2.05) is 43.3 Å². The number of nitrogens with zero attached hydrogens (tertiary/aromatic N) is 1. The van der Waals surface area contributed by atoms with Crippen molar-refractivity contribution in [3.05, 3.63) is 53.9 Å². The molecule has 0 spiro atoms. The Morgan fingerprint density at radius 3 is 2.80 bits per heavy atom. The maximum absolute atomic E-state index is 10.8. The quantitative estimate of drug-likeness (QED) is 0.693. The third-order valence-electron chi connectivity index (χ3n) is 2.28. The molecule has 0 aliphatic rings. The molecule has 0 radical (unpaired) electrons. The van der Waals surface area contributed by atoms with Crippen LogP contribution in [0.3, 0.4) is 0 Å². The van der Waals surface area contributed by atoms with Crippen LogP contribution in [-0.4, -0.2) is 11.3 Å². The van der Waals surface area contributed by atoms with Crippen LogP contribution in [0.5, 0.6) is 0 Å². The van der Waals surface area contributed by atoms with Crippen LogP contribution in [-0.2, 0) is 0 Å². The second-order valence-electron chi connectivity index (χ2n) is 3.42. The average molecular weight is 197 g/mol. The Kier molecular flexibility index (Phi) is 2.59. The van der Waals surface area contributed by atoms with E-state index < -0.39 is 0 Å². The zero-order chi connectivity index (χ0) is 10.7. The van der Waals surface area contributed by atoms with E-state index in [-0.39, 0.29) is 0 Å². The molecule has 0 aliphatic carbocycles. The van der Waals surface area contributed by atoms with Crippen LogP contribution in [0.1, 0.15) is 16.1 Å². The van der Waals surface area contributed by atoms with E-state index in [1.54, 1.807) is 6.20 Å². The SMILES string of the molecule is Cc1cccc(-c2cccnc2C=O)c1.